The van der Waals surface area contributed by atoms with E-state index in [2.05, 4.69) is 29.1 Å². The maximum atomic E-state index is 12.0. The van der Waals surface area contributed by atoms with Gasteiger partial charge in [0, 0.05) is 13.1 Å². The predicted molar refractivity (Wildman–Crippen MR) is 66.4 cm³/mol. The first-order valence-corrected chi connectivity index (χ1v) is 6.78. The Balaban J connectivity index is 1.87. The molecule has 1 aliphatic rings. The van der Waals surface area contributed by atoms with E-state index in [1.165, 1.54) is 5.56 Å². The van der Waals surface area contributed by atoms with Crippen LogP contribution in [0.1, 0.15) is 25.3 Å². The highest BCUT2D eigenvalue weighted by Crippen LogP contribution is 2.16. The summed E-state index contributed by atoms with van der Waals surface area (Å²) in [5, 5.41) is 7.47. The van der Waals surface area contributed by atoms with Gasteiger partial charge in [-0.25, -0.2) is 0 Å². The predicted octanol–water partition coefficient (Wildman–Crippen LogP) is 1.85. The highest BCUT2D eigenvalue weighted by molar-refractivity contribution is 7.07. The number of thiophene rings is 1. The minimum absolute atomic E-state index is 0.0542. The van der Waals surface area contributed by atoms with E-state index in [1.807, 2.05) is 4.90 Å². The fourth-order valence-electron chi connectivity index (χ4n) is 2.01. The molecule has 1 saturated heterocycles. The van der Waals surface area contributed by atoms with Crippen LogP contribution < -0.4 is 5.32 Å². The van der Waals surface area contributed by atoms with Gasteiger partial charge >= 0.3 is 0 Å². The van der Waals surface area contributed by atoms with Crippen LogP contribution >= 0.6 is 11.3 Å². The minimum Gasteiger partial charge on any atom is -0.337 e. The maximum Gasteiger partial charge on any atom is 0.240 e. The molecule has 0 aliphatic carbocycles. The van der Waals surface area contributed by atoms with Crippen LogP contribution in [0.4, 0.5) is 0 Å². The van der Waals surface area contributed by atoms with Crippen molar-refractivity contribution in [3.05, 3.63) is 22.4 Å². The molecule has 1 aromatic rings. The first-order valence-electron chi connectivity index (χ1n) is 5.84. The third kappa shape index (κ3) is 2.62. The van der Waals surface area contributed by atoms with E-state index in [-0.39, 0.29) is 11.9 Å². The van der Waals surface area contributed by atoms with Crippen LogP contribution in [0.3, 0.4) is 0 Å². The van der Waals surface area contributed by atoms with Crippen molar-refractivity contribution in [1.82, 2.24) is 10.2 Å². The van der Waals surface area contributed by atoms with Crippen molar-refractivity contribution in [3.8, 4) is 0 Å². The number of nitrogens with zero attached hydrogens (tertiary/aromatic N) is 1. The Kier molecular flexibility index (Phi) is 3.96. The molecule has 1 aromatic heterocycles. The summed E-state index contributed by atoms with van der Waals surface area (Å²) in [6.45, 7) is 4.71. The van der Waals surface area contributed by atoms with E-state index < -0.39 is 0 Å². The second-order valence-corrected chi connectivity index (χ2v) is 4.97. The van der Waals surface area contributed by atoms with Gasteiger partial charge in [-0.05, 0) is 41.8 Å². The third-order valence-corrected chi connectivity index (χ3v) is 3.62. The van der Waals surface area contributed by atoms with Gasteiger partial charge in [-0.3, -0.25) is 4.79 Å². The molecular weight excluding hydrogens is 220 g/mol. The van der Waals surface area contributed by atoms with Crippen LogP contribution in [0.25, 0.3) is 0 Å². The Morgan fingerprint density at radius 3 is 3.19 bits per heavy atom. The van der Waals surface area contributed by atoms with Gasteiger partial charge < -0.3 is 10.2 Å². The van der Waals surface area contributed by atoms with Crippen LogP contribution in [0.2, 0.25) is 0 Å². The number of likely N-dealkylation sites (tertiary alicyclic amines) is 1. The molecule has 16 heavy (non-hydrogen) atoms. The van der Waals surface area contributed by atoms with Crippen molar-refractivity contribution < 1.29 is 4.79 Å². The average molecular weight is 238 g/mol. The van der Waals surface area contributed by atoms with Crippen LogP contribution in [0.15, 0.2) is 16.8 Å². The molecule has 1 amide bonds. The molecule has 1 unspecified atom stereocenters. The summed E-state index contributed by atoms with van der Waals surface area (Å²) in [6, 6.07) is 2.14. The van der Waals surface area contributed by atoms with Crippen molar-refractivity contribution in [2.45, 2.75) is 32.4 Å². The van der Waals surface area contributed by atoms with Crippen molar-refractivity contribution in [2.75, 3.05) is 13.1 Å². The van der Waals surface area contributed by atoms with Crippen molar-refractivity contribution >= 4 is 17.2 Å². The second-order valence-electron chi connectivity index (χ2n) is 4.19. The van der Waals surface area contributed by atoms with E-state index >= 15 is 0 Å². The zero-order valence-corrected chi connectivity index (χ0v) is 10.4. The molecule has 0 bridgehead atoms. The molecule has 0 spiro atoms. The SMILES string of the molecule is CCCNC1CCN(Cc2ccsc2)C1=O. The van der Waals surface area contributed by atoms with Gasteiger partial charge in [-0.2, -0.15) is 11.3 Å². The number of hydrogen-bond acceptors (Lipinski definition) is 3. The normalized spacial score (nSPS) is 20.7. The molecule has 2 rings (SSSR count). The van der Waals surface area contributed by atoms with E-state index in [0.29, 0.717) is 0 Å². The largest absolute Gasteiger partial charge is 0.337 e. The summed E-state index contributed by atoms with van der Waals surface area (Å²) in [7, 11) is 0. The van der Waals surface area contributed by atoms with Gasteiger partial charge in [-0.1, -0.05) is 6.92 Å². The zero-order chi connectivity index (χ0) is 11.4. The number of rotatable bonds is 5. The molecule has 0 saturated carbocycles. The molecule has 1 atom stereocenters. The second kappa shape index (κ2) is 5.46. The molecule has 1 fully saturated rings. The third-order valence-electron chi connectivity index (χ3n) is 2.89. The fourth-order valence-corrected chi connectivity index (χ4v) is 2.67. The molecule has 4 heteroatoms. The van der Waals surface area contributed by atoms with Gasteiger partial charge in [0.25, 0.3) is 0 Å². The van der Waals surface area contributed by atoms with Crippen molar-refractivity contribution in [1.29, 1.82) is 0 Å². The van der Waals surface area contributed by atoms with Crippen LogP contribution in [-0.4, -0.2) is 29.9 Å². The first-order chi connectivity index (χ1) is 7.81. The summed E-state index contributed by atoms with van der Waals surface area (Å²) in [6.07, 6.45) is 2.03. The topological polar surface area (TPSA) is 32.3 Å². The Morgan fingerprint density at radius 2 is 2.50 bits per heavy atom. The maximum absolute atomic E-state index is 12.0. The number of carbonyl (C=O) groups is 1. The van der Waals surface area contributed by atoms with E-state index in [9.17, 15) is 4.79 Å². The van der Waals surface area contributed by atoms with Gasteiger partial charge in [-0.15, -0.1) is 0 Å². The van der Waals surface area contributed by atoms with E-state index in [1.54, 1.807) is 11.3 Å². The van der Waals surface area contributed by atoms with Crippen molar-refractivity contribution in [2.24, 2.45) is 0 Å². The lowest BCUT2D eigenvalue weighted by Crippen LogP contribution is -2.38. The summed E-state index contributed by atoms with van der Waals surface area (Å²) in [5.41, 5.74) is 1.24. The molecule has 1 N–H and O–H groups in total. The Morgan fingerprint density at radius 1 is 1.62 bits per heavy atom. The number of carbonyl (C=O) groups excluding carboxylic acids is 1. The molecule has 1 aliphatic heterocycles. The van der Waals surface area contributed by atoms with E-state index in [0.717, 1.165) is 32.5 Å². The highest BCUT2D eigenvalue weighted by Gasteiger charge is 2.30. The van der Waals surface area contributed by atoms with Gasteiger partial charge in [0.2, 0.25) is 5.91 Å². The van der Waals surface area contributed by atoms with Gasteiger partial charge in [0.1, 0.15) is 0 Å². The quantitative estimate of drug-likeness (QED) is 0.849. The summed E-state index contributed by atoms with van der Waals surface area (Å²) in [5.74, 6) is 0.264. The van der Waals surface area contributed by atoms with Crippen LogP contribution in [0, 0.1) is 0 Å². The van der Waals surface area contributed by atoms with Crippen molar-refractivity contribution in [3.63, 3.8) is 0 Å². The lowest BCUT2D eigenvalue weighted by Gasteiger charge is -2.16. The molecule has 0 radical (unpaired) electrons. The first kappa shape index (κ1) is 11.6. The molecular formula is C12H18N2OS. The van der Waals surface area contributed by atoms with Crippen LogP contribution in [0.5, 0.6) is 0 Å². The van der Waals surface area contributed by atoms with Crippen LogP contribution in [-0.2, 0) is 11.3 Å². The van der Waals surface area contributed by atoms with Gasteiger partial charge in [0.15, 0.2) is 0 Å². The summed E-state index contributed by atoms with van der Waals surface area (Å²) >= 11 is 1.69. The Bertz CT molecular complexity index is 337. The van der Waals surface area contributed by atoms with E-state index in [4.69, 9.17) is 0 Å². The molecule has 3 nitrogen and oxygen atoms in total. The molecule has 88 valence electrons. The highest BCUT2D eigenvalue weighted by atomic mass is 32.1. The Labute approximate surface area is 100 Å². The number of hydrogen-bond donors (Lipinski definition) is 1. The minimum atomic E-state index is 0.0542. The monoisotopic (exact) mass is 238 g/mol. The lowest BCUT2D eigenvalue weighted by molar-refractivity contribution is -0.129. The molecule has 0 aromatic carbocycles. The number of nitrogens with one attached hydrogen (secondary N) is 1. The Hall–Kier alpha value is -0.870. The standard InChI is InChI=1S/C12H18N2OS/c1-2-5-13-11-3-6-14(12(11)15)8-10-4-7-16-9-10/h4,7,9,11,13H,2-3,5-6,8H2,1H3. The smallest absolute Gasteiger partial charge is 0.240 e. The summed E-state index contributed by atoms with van der Waals surface area (Å²) in [4.78, 5) is 14.0. The lowest BCUT2D eigenvalue weighted by atomic mass is 10.2. The van der Waals surface area contributed by atoms with Gasteiger partial charge in [0.05, 0.1) is 6.04 Å². The average Bonchev–Trinajstić information content (AvgIpc) is 2.89. The fraction of sp³-hybridized carbons (Fsp3) is 0.583. The molecule has 2 heterocycles. The zero-order valence-electron chi connectivity index (χ0n) is 9.61. The summed E-state index contributed by atoms with van der Waals surface area (Å²) < 4.78 is 0. The number of amides is 1.